The molecule has 1 aliphatic heterocycles. The van der Waals surface area contributed by atoms with Crippen LogP contribution in [0.2, 0.25) is 0 Å². The van der Waals surface area contributed by atoms with Gasteiger partial charge in [0.25, 0.3) is 0 Å². The third-order valence-corrected chi connectivity index (χ3v) is 3.02. The van der Waals surface area contributed by atoms with Gasteiger partial charge in [-0.05, 0) is 36.2 Å². The van der Waals surface area contributed by atoms with E-state index in [-0.39, 0.29) is 5.78 Å². The molecular formula is C9H12OS. The number of carbonyl (C=O) groups is 1. The van der Waals surface area contributed by atoms with Crippen molar-refractivity contribution in [2.45, 2.75) is 19.3 Å². The minimum Gasteiger partial charge on any atom is -0.285 e. The first kappa shape index (κ1) is 8.67. The second-order valence-corrected chi connectivity index (χ2v) is 4.05. The largest absolute Gasteiger partial charge is 0.285 e. The second kappa shape index (κ2) is 4.46. The van der Waals surface area contributed by atoms with Gasteiger partial charge in [0.05, 0.1) is 0 Å². The molecule has 0 unspecified atom stereocenters. The van der Waals surface area contributed by atoms with Crippen molar-refractivity contribution < 1.29 is 4.79 Å². The van der Waals surface area contributed by atoms with Gasteiger partial charge in [0, 0.05) is 6.42 Å². The van der Waals surface area contributed by atoms with Crippen LogP contribution in [0.4, 0.5) is 0 Å². The topological polar surface area (TPSA) is 17.1 Å². The smallest absolute Gasteiger partial charge is 0.205 e. The molecule has 1 nitrogen and oxygen atoms in total. The molecule has 1 aliphatic rings. The number of hydrogen-bond acceptors (Lipinski definition) is 2. The highest BCUT2D eigenvalue weighted by atomic mass is 32.2. The van der Waals surface area contributed by atoms with Crippen molar-refractivity contribution in [3.05, 3.63) is 0 Å². The molecule has 0 saturated carbocycles. The van der Waals surface area contributed by atoms with Gasteiger partial charge in [0.1, 0.15) is 0 Å². The Balaban J connectivity index is 2.25. The molecular weight excluding hydrogens is 156 g/mol. The zero-order valence-corrected chi connectivity index (χ0v) is 7.32. The Morgan fingerprint density at radius 1 is 1.55 bits per heavy atom. The van der Waals surface area contributed by atoms with Gasteiger partial charge < -0.3 is 0 Å². The van der Waals surface area contributed by atoms with Crippen molar-refractivity contribution in [2.75, 3.05) is 11.5 Å². The Morgan fingerprint density at radius 3 is 2.73 bits per heavy atom. The third kappa shape index (κ3) is 2.98. The van der Waals surface area contributed by atoms with Crippen molar-refractivity contribution in [1.82, 2.24) is 0 Å². The molecule has 1 saturated heterocycles. The van der Waals surface area contributed by atoms with Crippen LogP contribution in [0.3, 0.4) is 0 Å². The molecule has 0 bridgehead atoms. The summed E-state index contributed by atoms with van der Waals surface area (Å²) in [6.45, 7) is 0. The van der Waals surface area contributed by atoms with Crippen LogP contribution < -0.4 is 0 Å². The van der Waals surface area contributed by atoms with Crippen LogP contribution in [0.25, 0.3) is 0 Å². The fourth-order valence-electron chi connectivity index (χ4n) is 1.27. The molecule has 60 valence electrons. The Hall–Kier alpha value is -0.420. The predicted molar refractivity (Wildman–Crippen MR) is 48.5 cm³/mol. The van der Waals surface area contributed by atoms with E-state index in [0.717, 1.165) is 12.8 Å². The van der Waals surface area contributed by atoms with Gasteiger partial charge in [-0.1, -0.05) is 0 Å². The lowest BCUT2D eigenvalue weighted by atomic mass is 9.97. The fourth-order valence-corrected chi connectivity index (χ4v) is 2.48. The number of thioether (sulfide) groups is 1. The number of Topliss-reactive ketones (excluding diaryl/α,β-unsaturated/α-hetero) is 1. The van der Waals surface area contributed by atoms with Crippen LogP contribution in [0.1, 0.15) is 19.3 Å². The van der Waals surface area contributed by atoms with Gasteiger partial charge in [-0.3, -0.25) is 4.79 Å². The van der Waals surface area contributed by atoms with Gasteiger partial charge in [-0.15, -0.1) is 6.42 Å². The number of hydrogen-bond donors (Lipinski definition) is 0. The lowest BCUT2D eigenvalue weighted by molar-refractivity contribution is -0.114. The molecule has 0 aromatic rings. The molecule has 0 spiro atoms. The first-order valence-electron chi connectivity index (χ1n) is 3.90. The fraction of sp³-hybridized carbons (Fsp3) is 0.667. The minimum atomic E-state index is -0.0260. The van der Waals surface area contributed by atoms with Crippen LogP contribution in [0, 0.1) is 18.3 Å². The minimum absolute atomic E-state index is 0.0260. The van der Waals surface area contributed by atoms with Crippen molar-refractivity contribution in [2.24, 2.45) is 5.92 Å². The Labute approximate surface area is 71.9 Å². The average molecular weight is 168 g/mol. The molecule has 1 rings (SSSR count). The van der Waals surface area contributed by atoms with Gasteiger partial charge in [0.2, 0.25) is 5.78 Å². The molecule has 0 aliphatic carbocycles. The highest BCUT2D eigenvalue weighted by Gasteiger charge is 2.15. The van der Waals surface area contributed by atoms with E-state index in [4.69, 9.17) is 6.42 Å². The van der Waals surface area contributed by atoms with Crippen molar-refractivity contribution >= 4 is 17.5 Å². The Kier molecular flexibility index (Phi) is 3.51. The quantitative estimate of drug-likeness (QED) is 0.461. The predicted octanol–water partition coefficient (Wildman–Crippen LogP) is 1.72. The van der Waals surface area contributed by atoms with Gasteiger partial charge >= 0.3 is 0 Å². The summed E-state index contributed by atoms with van der Waals surface area (Å²) in [5.41, 5.74) is 0. The standard InChI is InChI=1S/C9H12OS/c1-2-9(10)7-8-3-5-11-6-4-8/h1,8H,3-7H2. The SMILES string of the molecule is C#CC(=O)CC1CCSCC1. The molecule has 1 heterocycles. The molecule has 0 radical (unpaired) electrons. The van der Waals surface area contributed by atoms with E-state index in [1.54, 1.807) is 0 Å². The second-order valence-electron chi connectivity index (χ2n) is 2.83. The number of ketones is 1. The van der Waals surface area contributed by atoms with Crippen LogP contribution >= 0.6 is 11.8 Å². The summed E-state index contributed by atoms with van der Waals surface area (Å²) < 4.78 is 0. The number of terminal acetylenes is 1. The van der Waals surface area contributed by atoms with E-state index < -0.39 is 0 Å². The number of rotatable bonds is 2. The Bertz CT molecular complexity index is 174. The highest BCUT2D eigenvalue weighted by molar-refractivity contribution is 7.99. The lowest BCUT2D eigenvalue weighted by Gasteiger charge is -2.19. The molecule has 0 aromatic carbocycles. The van der Waals surface area contributed by atoms with E-state index in [9.17, 15) is 4.79 Å². The summed E-state index contributed by atoms with van der Waals surface area (Å²) >= 11 is 1.97. The zero-order chi connectivity index (χ0) is 8.10. The molecule has 2 heteroatoms. The summed E-state index contributed by atoms with van der Waals surface area (Å²) in [7, 11) is 0. The molecule has 11 heavy (non-hydrogen) atoms. The molecule has 0 aromatic heterocycles. The summed E-state index contributed by atoms with van der Waals surface area (Å²) in [6.07, 6.45) is 7.92. The first-order valence-corrected chi connectivity index (χ1v) is 5.05. The van der Waals surface area contributed by atoms with E-state index in [1.165, 1.54) is 11.5 Å². The maximum absolute atomic E-state index is 10.8. The molecule has 0 atom stereocenters. The van der Waals surface area contributed by atoms with Gasteiger partial charge in [0.15, 0.2) is 0 Å². The molecule has 0 N–H and O–H groups in total. The van der Waals surface area contributed by atoms with Crippen LogP contribution in [-0.4, -0.2) is 17.3 Å². The summed E-state index contributed by atoms with van der Waals surface area (Å²) in [5.74, 6) is 5.10. The highest BCUT2D eigenvalue weighted by Crippen LogP contribution is 2.25. The molecule has 0 amide bonds. The maximum atomic E-state index is 10.8. The summed E-state index contributed by atoms with van der Waals surface area (Å²) in [5, 5.41) is 0. The average Bonchev–Trinajstić information content (AvgIpc) is 2.06. The van der Waals surface area contributed by atoms with E-state index in [2.05, 4.69) is 5.92 Å². The van der Waals surface area contributed by atoms with Gasteiger partial charge in [-0.25, -0.2) is 0 Å². The Morgan fingerprint density at radius 2 is 2.18 bits per heavy atom. The third-order valence-electron chi connectivity index (χ3n) is 1.98. The lowest BCUT2D eigenvalue weighted by Crippen LogP contribution is -2.13. The maximum Gasteiger partial charge on any atom is 0.205 e. The van der Waals surface area contributed by atoms with E-state index in [1.807, 2.05) is 11.8 Å². The summed E-state index contributed by atoms with van der Waals surface area (Å²) in [6, 6.07) is 0. The van der Waals surface area contributed by atoms with Crippen molar-refractivity contribution in [3.8, 4) is 12.3 Å². The van der Waals surface area contributed by atoms with E-state index >= 15 is 0 Å². The first-order chi connectivity index (χ1) is 5.33. The summed E-state index contributed by atoms with van der Waals surface area (Å²) in [4.78, 5) is 10.8. The van der Waals surface area contributed by atoms with E-state index in [0.29, 0.717) is 12.3 Å². The van der Waals surface area contributed by atoms with Crippen molar-refractivity contribution in [1.29, 1.82) is 0 Å². The zero-order valence-electron chi connectivity index (χ0n) is 6.51. The van der Waals surface area contributed by atoms with Crippen LogP contribution in [0.15, 0.2) is 0 Å². The van der Waals surface area contributed by atoms with Crippen molar-refractivity contribution in [3.63, 3.8) is 0 Å². The van der Waals surface area contributed by atoms with Crippen LogP contribution in [0.5, 0.6) is 0 Å². The number of carbonyl (C=O) groups excluding carboxylic acids is 1. The van der Waals surface area contributed by atoms with Gasteiger partial charge in [-0.2, -0.15) is 11.8 Å². The molecule has 1 fully saturated rings. The normalized spacial score (nSPS) is 19.2. The van der Waals surface area contributed by atoms with Crippen LogP contribution in [-0.2, 0) is 4.79 Å². The monoisotopic (exact) mass is 168 g/mol.